The fraction of sp³-hybridized carbons (Fsp3) is 0.588. The molecule has 0 saturated carbocycles. The Kier molecular flexibility index (Phi) is 9.22. The first-order chi connectivity index (χ1) is 11.4. The summed E-state index contributed by atoms with van der Waals surface area (Å²) in [4.78, 5) is 10.8. The number of aliphatic hydroxyl groups is 1. The van der Waals surface area contributed by atoms with Crippen molar-refractivity contribution in [2.45, 2.75) is 33.4 Å². The molecule has 0 aliphatic carbocycles. The normalized spacial score (nSPS) is 12.8. The summed E-state index contributed by atoms with van der Waals surface area (Å²) >= 11 is 0. The molecule has 0 bridgehead atoms. The van der Waals surface area contributed by atoms with Crippen LogP contribution in [-0.4, -0.2) is 37.5 Å². The Bertz CT molecular complexity index is 533. The maximum atomic E-state index is 12.5. The van der Waals surface area contributed by atoms with E-state index in [0.717, 1.165) is 11.1 Å². The van der Waals surface area contributed by atoms with E-state index in [1.807, 2.05) is 24.3 Å². The number of hydrogen-bond acceptors (Lipinski definition) is 6. The number of rotatable bonds is 11. The van der Waals surface area contributed by atoms with Crippen LogP contribution in [-0.2, 0) is 35.7 Å². The second-order valence-electron chi connectivity index (χ2n) is 5.48. The number of carbonyl (C=O) groups excluding carboxylic acids is 1. The molecule has 0 aromatic heterocycles. The molecular weight excluding hydrogens is 331 g/mol. The van der Waals surface area contributed by atoms with Gasteiger partial charge in [0.1, 0.15) is 0 Å². The molecule has 1 N–H and O–H groups in total. The molecule has 1 rings (SSSR count). The molecule has 0 amide bonds. The zero-order valence-corrected chi connectivity index (χ0v) is 15.5. The lowest BCUT2D eigenvalue weighted by Crippen LogP contribution is -2.18. The number of ether oxygens (including phenoxy) is 1. The molecule has 0 spiro atoms. The van der Waals surface area contributed by atoms with Crippen molar-refractivity contribution in [1.82, 2.24) is 0 Å². The highest BCUT2D eigenvalue weighted by Crippen LogP contribution is 2.51. The lowest BCUT2D eigenvalue weighted by Gasteiger charge is -2.17. The van der Waals surface area contributed by atoms with Crippen LogP contribution in [0, 0.1) is 5.92 Å². The van der Waals surface area contributed by atoms with Crippen molar-refractivity contribution >= 4 is 13.6 Å². The van der Waals surface area contributed by atoms with Crippen LogP contribution in [0.4, 0.5) is 0 Å². The summed E-state index contributed by atoms with van der Waals surface area (Å²) in [5.74, 6) is -0.496. The molecule has 0 saturated heterocycles. The van der Waals surface area contributed by atoms with Crippen LogP contribution >= 0.6 is 7.60 Å². The summed E-state index contributed by atoms with van der Waals surface area (Å²) in [5.41, 5.74) is 1.87. The Balaban J connectivity index is 2.67. The van der Waals surface area contributed by atoms with Crippen molar-refractivity contribution in [1.29, 1.82) is 0 Å². The smallest absolute Gasteiger partial charge is 0.335 e. The summed E-state index contributed by atoms with van der Waals surface area (Å²) in [5, 5.41) is 9.36. The van der Waals surface area contributed by atoms with Crippen LogP contribution in [0.25, 0.3) is 0 Å². The van der Waals surface area contributed by atoms with E-state index in [2.05, 4.69) is 0 Å². The molecule has 136 valence electrons. The first kappa shape index (κ1) is 20.8. The minimum atomic E-state index is -3.11. The van der Waals surface area contributed by atoms with E-state index in [0.29, 0.717) is 19.6 Å². The predicted octanol–water partition coefficient (Wildman–Crippen LogP) is 3.17. The molecular formula is C17H27O6P. The van der Waals surface area contributed by atoms with Crippen molar-refractivity contribution in [3.05, 3.63) is 35.4 Å². The molecule has 0 heterocycles. The summed E-state index contributed by atoms with van der Waals surface area (Å²) in [6, 6.07) is 7.57. The molecule has 0 fully saturated rings. The van der Waals surface area contributed by atoms with E-state index in [1.54, 1.807) is 13.8 Å². The molecule has 1 aromatic rings. The first-order valence-corrected chi connectivity index (χ1v) is 9.85. The fourth-order valence-electron chi connectivity index (χ4n) is 2.27. The molecule has 0 aliphatic rings. The van der Waals surface area contributed by atoms with Crippen LogP contribution in [0.15, 0.2) is 24.3 Å². The zero-order chi connectivity index (χ0) is 18.0. The van der Waals surface area contributed by atoms with Crippen LogP contribution in [0.1, 0.15) is 31.9 Å². The summed E-state index contributed by atoms with van der Waals surface area (Å²) in [6.07, 6.45) is 0.824. The van der Waals surface area contributed by atoms with E-state index in [-0.39, 0.29) is 31.3 Å². The van der Waals surface area contributed by atoms with Gasteiger partial charge in [-0.05, 0) is 31.4 Å². The molecule has 0 unspecified atom stereocenters. The number of carbonyl (C=O) groups is 1. The van der Waals surface area contributed by atoms with Gasteiger partial charge >= 0.3 is 13.6 Å². The molecule has 1 atom stereocenters. The van der Waals surface area contributed by atoms with E-state index in [9.17, 15) is 14.5 Å². The Hall–Kier alpha value is -1.20. The summed E-state index contributed by atoms with van der Waals surface area (Å²) < 4.78 is 28.0. The average molecular weight is 358 g/mol. The van der Waals surface area contributed by atoms with Crippen molar-refractivity contribution in [2.24, 2.45) is 5.92 Å². The minimum Gasteiger partial charge on any atom is -0.465 e. The SMILES string of the molecule is CCOP(=O)(Cc1ccc(C[C@@H](CO)COC(C)=O)cc1)OCC. The van der Waals surface area contributed by atoms with Gasteiger partial charge in [-0.15, -0.1) is 0 Å². The summed E-state index contributed by atoms with van der Waals surface area (Å²) in [7, 11) is -3.11. The van der Waals surface area contributed by atoms with Crippen LogP contribution in [0.5, 0.6) is 0 Å². The number of hydrogen-bond donors (Lipinski definition) is 1. The largest absolute Gasteiger partial charge is 0.465 e. The van der Waals surface area contributed by atoms with Crippen molar-refractivity contribution in [3.8, 4) is 0 Å². The standard InChI is InChI=1S/C17H27O6P/c1-4-22-24(20,23-5-2)13-16-8-6-15(7-9-16)10-17(11-18)12-21-14(3)19/h6-9,17-18H,4-5,10-13H2,1-3H3/t17-/m0/s1. The zero-order valence-electron chi connectivity index (χ0n) is 14.6. The van der Waals surface area contributed by atoms with Gasteiger partial charge in [-0.3, -0.25) is 9.36 Å². The van der Waals surface area contributed by atoms with Gasteiger partial charge in [0.15, 0.2) is 0 Å². The second-order valence-corrected chi connectivity index (χ2v) is 7.53. The monoisotopic (exact) mass is 358 g/mol. The van der Waals surface area contributed by atoms with Gasteiger partial charge in [0.2, 0.25) is 0 Å². The van der Waals surface area contributed by atoms with Gasteiger partial charge in [0, 0.05) is 19.4 Å². The van der Waals surface area contributed by atoms with Gasteiger partial charge in [0.05, 0.1) is 26.0 Å². The van der Waals surface area contributed by atoms with E-state index in [4.69, 9.17) is 13.8 Å². The van der Waals surface area contributed by atoms with Gasteiger partial charge < -0.3 is 18.9 Å². The third kappa shape index (κ3) is 7.58. The molecule has 0 aliphatic heterocycles. The van der Waals surface area contributed by atoms with Crippen molar-refractivity contribution in [2.75, 3.05) is 26.4 Å². The highest BCUT2D eigenvalue weighted by molar-refractivity contribution is 7.53. The lowest BCUT2D eigenvalue weighted by atomic mass is 10.00. The topological polar surface area (TPSA) is 82.1 Å². The van der Waals surface area contributed by atoms with Gasteiger partial charge in [-0.1, -0.05) is 24.3 Å². The van der Waals surface area contributed by atoms with Crippen molar-refractivity contribution < 1.29 is 28.3 Å². The molecule has 0 radical (unpaired) electrons. The Morgan fingerprint density at radius 3 is 2.12 bits per heavy atom. The number of aliphatic hydroxyl groups excluding tert-OH is 1. The Morgan fingerprint density at radius 2 is 1.67 bits per heavy atom. The maximum Gasteiger partial charge on any atom is 0.335 e. The molecule has 24 heavy (non-hydrogen) atoms. The van der Waals surface area contributed by atoms with E-state index >= 15 is 0 Å². The minimum absolute atomic E-state index is 0.0566. The third-order valence-electron chi connectivity index (χ3n) is 3.36. The molecule has 7 heteroatoms. The Labute approximate surface area is 143 Å². The fourth-order valence-corrected chi connectivity index (χ4v) is 3.97. The lowest BCUT2D eigenvalue weighted by molar-refractivity contribution is -0.142. The van der Waals surface area contributed by atoms with Gasteiger partial charge in [-0.2, -0.15) is 0 Å². The highest BCUT2D eigenvalue weighted by Gasteiger charge is 2.24. The maximum absolute atomic E-state index is 12.5. The van der Waals surface area contributed by atoms with Crippen LogP contribution < -0.4 is 0 Å². The van der Waals surface area contributed by atoms with Gasteiger partial charge in [0.25, 0.3) is 0 Å². The van der Waals surface area contributed by atoms with E-state index in [1.165, 1.54) is 6.92 Å². The van der Waals surface area contributed by atoms with E-state index < -0.39 is 7.60 Å². The number of benzene rings is 1. The quantitative estimate of drug-likeness (QED) is 0.483. The van der Waals surface area contributed by atoms with Crippen LogP contribution in [0.2, 0.25) is 0 Å². The molecule has 6 nitrogen and oxygen atoms in total. The number of esters is 1. The average Bonchev–Trinajstić information content (AvgIpc) is 2.53. The van der Waals surface area contributed by atoms with Gasteiger partial charge in [-0.25, -0.2) is 0 Å². The Morgan fingerprint density at radius 1 is 1.12 bits per heavy atom. The van der Waals surface area contributed by atoms with Crippen LogP contribution in [0.3, 0.4) is 0 Å². The van der Waals surface area contributed by atoms with Crippen molar-refractivity contribution in [3.63, 3.8) is 0 Å². The molecule has 1 aromatic carbocycles. The first-order valence-electron chi connectivity index (χ1n) is 8.12. The third-order valence-corrected chi connectivity index (χ3v) is 5.41. The second kappa shape index (κ2) is 10.6. The highest BCUT2D eigenvalue weighted by atomic mass is 31.2. The predicted molar refractivity (Wildman–Crippen MR) is 91.9 cm³/mol. The summed E-state index contributed by atoms with van der Waals surface area (Å²) in [6.45, 7) is 5.72.